The molecule has 0 spiro atoms. The fraction of sp³-hybridized carbons (Fsp3) is 0.542. The second-order valence-corrected chi connectivity index (χ2v) is 10.4. The highest BCUT2D eigenvalue weighted by atomic mass is 32.2. The van der Waals surface area contributed by atoms with Crippen LogP contribution >= 0.6 is 0 Å². The summed E-state index contributed by atoms with van der Waals surface area (Å²) in [5, 5.41) is 10.6. The van der Waals surface area contributed by atoms with Crippen molar-refractivity contribution in [2.75, 3.05) is 46.4 Å². The van der Waals surface area contributed by atoms with Crippen molar-refractivity contribution in [3.8, 4) is 29.4 Å². The van der Waals surface area contributed by atoms with Crippen molar-refractivity contribution >= 4 is 15.7 Å². The summed E-state index contributed by atoms with van der Waals surface area (Å²) < 4.78 is 32.4. The molecule has 2 atom stereocenters. The molecule has 1 aromatic carbocycles. The lowest BCUT2D eigenvalue weighted by molar-refractivity contribution is -0.132. The number of hydrogen-bond donors (Lipinski definition) is 3. The van der Waals surface area contributed by atoms with E-state index in [2.05, 4.69) is 45.8 Å². The molecule has 1 aromatic rings. The molecule has 10 heteroatoms. The van der Waals surface area contributed by atoms with Gasteiger partial charge in [-0.15, -0.1) is 5.92 Å². The number of nitrogens with zero attached hydrogens (tertiary/aromatic N) is 2. The maximum absolute atomic E-state index is 13.5. The number of carbonyl (C=O) groups is 1. The minimum absolute atomic E-state index is 0.0414. The Balaban J connectivity index is 2.28. The number of hydrogen-bond acceptors (Lipinski definition) is 8. The molecule has 186 valence electrons. The fourth-order valence-corrected chi connectivity index (χ4v) is 4.67. The Labute approximate surface area is 202 Å². The largest absolute Gasteiger partial charge is 0.481 e. The summed E-state index contributed by atoms with van der Waals surface area (Å²) in [6.07, 6.45) is 0. The standard InChI is InChI=1S/C24H34N4O5S/c1-5-6-18-33-20-9-11-21(12-10-20)34(31,32)22(25-23(19(2)3)24(29)26-30)8-7-13-28-16-14-27(4)15-17-28/h9-12,19,22-23,25,30H,13-18H2,1-4H3,(H,26,29). The molecule has 1 amide bonds. The third-order valence-electron chi connectivity index (χ3n) is 5.47. The van der Waals surface area contributed by atoms with Gasteiger partial charge in [0.1, 0.15) is 12.4 Å². The summed E-state index contributed by atoms with van der Waals surface area (Å²) in [6, 6.07) is 5.03. The van der Waals surface area contributed by atoms with Gasteiger partial charge in [-0.3, -0.25) is 20.2 Å². The quantitative estimate of drug-likeness (QED) is 0.262. The maximum Gasteiger partial charge on any atom is 0.260 e. The van der Waals surface area contributed by atoms with Crippen LogP contribution in [0.25, 0.3) is 0 Å². The second-order valence-electron chi connectivity index (χ2n) is 8.38. The SMILES string of the molecule is CC#CCOc1ccc(S(=O)(=O)C(C#CCN2CCN(C)CC2)NC(C(=O)NO)C(C)C)cc1. The molecule has 1 saturated heterocycles. The molecule has 0 aromatic heterocycles. The Morgan fingerprint density at radius 1 is 1.15 bits per heavy atom. The van der Waals surface area contributed by atoms with Crippen LogP contribution in [0.1, 0.15) is 20.8 Å². The molecule has 1 fully saturated rings. The number of carbonyl (C=O) groups excluding carboxylic acids is 1. The first-order valence-corrected chi connectivity index (χ1v) is 12.7. The Kier molecular flexibility index (Phi) is 10.8. The average Bonchev–Trinajstić information content (AvgIpc) is 2.82. The molecular weight excluding hydrogens is 456 g/mol. The summed E-state index contributed by atoms with van der Waals surface area (Å²) in [7, 11) is -1.92. The highest BCUT2D eigenvalue weighted by molar-refractivity contribution is 7.92. The van der Waals surface area contributed by atoms with Gasteiger partial charge in [0.05, 0.1) is 17.5 Å². The third-order valence-corrected chi connectivity index (χ3v) is 7.28. The van der Waals surface area contributed by atoms with E-state index in [0.29, 0.717) is 12.3 Å². The number of benzene rings is 1. The average molecular weight is 491 g/mol. The van der Waals surface area contributed by atoms with Crippen molar-refractivity contribution < 1.29 is 23.2 Å². The summed E-state index contributed by atoms with van der Waals surface area (Å²) in [5.74, 6) is 10.8. The van der Waals surface area contributed by atoms with Crippen LogP contribution in [0.15, 0.2) is 29.2 Å². The van der Waals surface area contributed by atoms with Gasteiger partial charge in [0.15, 0.2) is 5.37 Å². The molecule has 2 rings (SSSR count). The fourth-order valence-electron chi connectivity index (χ4n) is 3.32. The Morgan fingerprint density at radius 3 is 2.35 bits per heavy atom. The molecule has 1 aliphatic rings. The van der Waals surface area contributed by atoms with Gasteiger partial charge in [0.25, 0.3) is 5.91 Å². The molecule has 0 saturated carbocycles. The zero-order chi connectivity index (χ0) is 25.1. The number of piperazine rings is 1. The zero-order valence-electron chi connectivity index (χ0n) is 20.2. The predicted octanol–water partition coefficient (Wildman–Crippen LogP) is 0.559. The topological polar surface area (TPSA) is 111 Å². The van der Waals surface area contributed by atoms with Crippen molar-refractivity contribution in [3.05, 3.63) is 24.3 Å². The number of rotatable bonds is 9. The van der Waals surface area contributed by atoms with Gasteiger partial charge in [0, 0.05) is 26.2 Å². The molecule has 2 unspecified atom stereocenters. The summed E-state index contributed by atoms with van der Waals surface area (Å²) in [6.45, 7) is 9.38. The molecular formula is C24H34N4O5S. The molecule has 1 aliphatic heterocycles. The van der Waals surface area contributed by atoms with E-state index in [1.165, 1.54) is 12.1 Å². The third kappa shape index (κ3) is 8.01. The van der Waals surface area contributed by atoms with E-state index in [1.54, 1.807) is 38.4 Å². The van der Waals surface area contributed by atoms with Crippen LogP contribution < -0.4 is 15.5 Å². The number of hydroxylamine groups is 1. The minimum atomic E-state index is -3.98. The van der Waals surface area contributed by atoms with Crippen molar-refractivity contribution in [1.82, 2.24) is 20.6 Å². The molecule has 0 aliphatic carbocycles. The number of nitrogens with one attached hydrogen (secondary N) is 2. The summed E-state index contributed by atoms with van der Waals surface area (Å²) in [5.41, 5.74) is 1.60. The lowest BCUT2D eigenvalue weighted by atomic mass is 10.0. The van der Waals surface area contributed by atoms with Gasteiger partial charge in [-0.2, -0.15) is 0 Å². The van der Waals surface area contributed by atoms with Gasteiger partial charge in [-0.05, 0) is 44.2 Å². The highest BCUT2D eigenvalue weighted by Gasteiger charge is 2.32. The molecule has 9 nitrogen and oxygen atoms in total. The zero-order valence-corrected chi connectivity index (χ0v) is 21.0. The van der Waals surface area contributed by atoms with Crippen LogP contribution in [-0.2, 0) is 14.6 Å². The van der Waals surface area contributed by atoms with Gasteiger partial charge < -0.3 is 9.64 Å². The van der Waals surface area contributed by atoms with Crippen LogP contribution in [0.3, 0.4) is 0 Å². The van der Waals surface area contributed by atoms with E-state index < -0.39 is 27.2 Å². The lowest BCUT2D eigenvalue weighted by Crippen LogP contribution is -2.52. The lowest BCUT2D eigenvalue weighted by Gasteiger charge is -2.30. The molecule has 34 heavy (non-hydrogen) atoms. The van der Waals surface area contributed by atoms with Gasteiger partial charge in [0.2, 0.25) is 9.84 Å². The minimum Gasteiger partial charge on any atom is -0.481 e. The smallest absolute Gasteiger partial charge is 0.260 e. The Morgan fingerprint density at radius 2 is 1.79 bits per heavy atom. The Hall–Kier alpha value is -2.60. The first-order chi connectivity index (χ1) is 16.2. The van der Waals surface area contributed by atoms with Crippen molar-refractivity contribution in [3.63, 3.8) is 0 Å². The summed E-state index contributed by atoms with van der Waals surface area (Å²) >= 11 is 0. The number of ether oxygens (including phenoxy) is 1. The molecule has 0 radical (unpaired) electrons. The first kappa shape index (κ1) is 27.6. The highest BCUT2D eigenvalue weighted by Crippen LogP contribution is 2.20. The molecule has 3 N–H and O–H groups in total. The van der Waals surface area contributed by atoms with E-state index >= 15 is 0 Å². The first-order valence-electron chi connectivity index (χ1n) is 11.1. The van der Waals surface area contributed by atoms with Crippen molar-refractivity contribution in [2.24, 2.45) is 5.92 Å². The summed E-state index contributed by atoms with van der Waals surface area (Å²) in [4.78, 5) is 16.6. The van der Waals surface area contributed by atoms with Crippen LogP contribution in [0.5, 0.6) is 5.75 Å². The van der Waals surface area contributed by atoms with Crippen molar-refractivity contribution in [1.29, 1.82) is 0 Å². The Bertz CT molecular complexity index is 1030. The van der Waals surface area contributed by atoms with E-state index in [0.717, 1.165) is 26.2 Å². The number of likely N-dealkylation sites (N-methyl/N-ethyl adjacent to an activating group) is 1. The molecule has 0 bridgehead atoms. The maximum atomic E-state index is 13.5. The van der Waals surface area contributed by atoms with E-state index in [1.807, 2.05) is 0 Å². The monoisotopic (exact) mass is 490 g/mol. The van der Waals surface area contributed by atoms with E-state index in [-0.39, 0.29) is 17.4 Å². The van der Waals surface area contributed by atoms with Crippen LogP contribution in [-0.4, -0.2) is 87.1 Å². The molecule has 1 heterocycles. The van der Waals surface area contributed by atoms with Crippen molar-refractivity contribution in [2.45, 2.75) is 37.1 Å². The normalized spacial score (nSPS) is 16.5. The van der Waals surface area contributed by atoms with Gasteiger partial charge in [-0.25, -0.2) is 13.9 Å². The van der Waals surface area contributed by atoms with E-state index in [9.17, 15) is 13.2 Å². The number of sulfone groups is 1. The van der Waals surface area contributed by atoms with Crippen LogP contribution in [0.4, 0.5) is 0 Å². The number of amides is 1. The second kappa shape index (κ2) is 13.3. The van der Waals surface area contributed by atoms with Gasteiger partial charge in [-0.1, -0.05) is 31.6 Å². The van der Waals surface area contributed by atoms with Gasteiger partial charge >= 0.3 is 0 Å². The van der Waals surface area contributed by atoms with Crippen LogP contribution in [0, 0.1) is 29.6 Å². The predicted molar refractivity (Wildman–Crippen MR) is 130 cm³/mol. The van der Waals surface area contributed by atoms with Crippen LogP contribution in [0.2, 0.25) is 0 Å². The van der Waals surface area contributed by atoms with E-state index in [4.69, 9.17) is 9.94 Å².